The Kier molecular flexibility index (Phi) is 3.91. The molecule has 1 atom stereocenters. The molecule has 5 nitrogen and oxygen atoms in total. The van der Waals surface area contributed by atoms with Gasteiger partial charge in [-0.05, 0) is 19.1 Å². The smallest absolute Gasteiger partial charge is 0.328 e. The summed E-state index contributed by atoms with van der Waals surface area (Å²) in [6.45, 7) is 1.72. The minimum atomic E-state index is -0.408. The molecule has 0 spiro atoms. The molecule has 0 saturated heterocycles. The van der Waals surface area contributed by atoms with E-state index in [4.69, 9.17) is 0 Å². The summed E-state index contributed by atoms with van der Waals surface area (Å²) in [6.07, 6.45) is 0. The van der Waals surface area contributed by atoms with E-state index in [0.717, 1.165) is 5.82 Å². The summed E-state index contributed by atoms with van der Waals surface area (Å²) in [5.74, 6) is 1.07. The first-order valence-electron chi connectivity index (χ1n) is 4.66. The Morgan fingerprint density at radius 3 is 2.73 bits per heavy atom. The summed E-state index contributed by atoms with van der Waals surface area (Å²) in [5, 5.41) is 5.86. The van der Waals surface area contributed by atoms with Crippen LogP contribution in [0.1, 0.15) is 6.92 Å². The third-order valence-electron chi connectivity index (χ3n) is 1.92. The van der Waals surface area contributed by atoms with Crippen LogP contribution in [0.3, 0.4) is 0 Å². The summed E-state index contributed by atoms with van der Waals surface area (Å²) >= 11 is 0. The van der Waals surface area contributed by atoms with Crippen LogP contribution in [-0.2, 0) is 9.53 Å². The minimum absolute atomic E-state index is 0.313. The van der Waals surface area contributed by atoms with Crippen LogP contribution in [-0.4, -0.2) is 31.2 Å². The van der Waals surface area contributed by atoms with Crippen molar-refractivity contribution in [3.05, 3.63) is 18.2 Å². The van der Waals surface area contributed by atoms with Crippen molar-refractivity contribution in [1.29, 1.82) is 0 Å². The lowest BCUT2D eigenvalue weighted by atomic mass is 10.3. The highest BCUT2D eigenvalue weighted by Gasteiger charge is 2.12. The van der Waals surface area contributed by atoms with E-state index in [2.05, 4.69) is 20.4 Å². The molecule has 0 aromatic carbocycles. The van der Waals surface area contributed by atoms with Crippen LogP contribution in [0.15, 0.2) is 18.2 Å². The van der Waals surface area contributed by atoms with Crippen molar-refractivity contribution in [2.24, 2.45) is 0 Å². The van der Waals surface area contributed by atoms with E-state index in [1.807, 2.05) is 12.1 Å². The highest BCUT2D eigenvalue weighted by Crippen LogP contribution is 2.09. The van der Waals surface area contributed by atoms with Gasteiger partial charge in [0.25, 0.3) is 0 Å². The highest BCUT2D eigenvalue weighted by atomic mass is 16.5. The van der Waals surface area contributed by atoms with Crippen LogP contribution in [0.5, 0.6) is 0 Å². The number of pyridine rings is 1. The Morgan fingerprint density at radius 2 is 2.13 bits per heavy atom. The summed E-state index contributed by atoms with van der Waals surface area (Å²) in [4.78, 5) is 15.4. The summed E-state index contributed by atoms with van der Waals surface area (Å²) in [6, 6.07) is 5.08. The monoisotopic (exact) mass is 209 g/mol. The molecule has 1 aromatic rings. The SMILES string of the molecule is CNc1cccc(NC(C)C(=O)OC)n1. The molecule has 5 heteroatoms. The molecular weight excluding hydrogens is 194 g/mol. The molecule has 0 bridgehead atoms. The molecule has 0 amide bonds. The third-order valence-corrected chi connectivity index (χ3v) is 1.92. The van der Waals surface area contributed by atoms with Gasteiger partial charge in [-0.15, -0.1) is 0 Å². The Hall–Kier alpha value is -1.78. The number of anilines is 2. The van der Waals surface area contributed by atoms with Crippen molar-refractivity contribution in [2.75, 3.05) is 24.8 Å². The molecule has 82 valence electrons. The zero-order chi connectivity index (χ0) is 11.3. The first-order chi connectivity index (χ1) is 7.17. The van der Waals surface area contributed by atoms with Gasteiger partial charge in [0, 0.05) is 7.05 Å². The fraction of sp³-hybridized carbons (Fsp3) is 0.400. The molecule has 0 aliphatic carbocycles. The minimum Gasteiger partial charge on any atom is -0.467 e. The summed E-state index contributed by atoms with van der Waals surface area (Å²) < 4.78 is 4.60. The fourth-order valence-electron chi connectivity index (χ4n) is 1.11. The molecule has 0 saturated carbocycles. The predicted molar refractivity (Wildman–Crippen MR) is 58.9 cm³/mol. The third kappa shape index (κ3) is 3.12. The number of esters is 1. The molecule has 1 unspecified atom stereocenters. The second-order valence-electron chi connectivity index (χ2n) is 3.05. The normalized spacial score (nSPS) is 11.7. The molecule has 1 heterocycles. The van der Waals surface area contributed by atoms with Crippen molar-refractivity contribution in [3.8, 4) is 0 Å². The maximum Gasteiger partial charge on any atom is 0.328 e. The van der Waals surface area contributed by atoms with E-state index in [9.17, 15) is 4.79 Å². The lowest BCUT2D eigenvalue weighted by Gasteiger charge is -2.12. The van der Waals surface area contributed by atoms with Gasteiger partial charge in [-0.25, -0.2) is 9.78 Å². The zero-order valence-electron chi connectivity index (χ0n) is 9.07. The van der Waals surface area contributed by atoms with Crippen molar-refractivity contribution < 1.29 is 9.53 Å². The molecule has 0 radical (unpaired) electrons. The van der Waals surface area contributed by atoms with Crippen LogP contribution in [0.25, 0.3) is 0 Å². The Balaban J connectivity index is 2.67. The topological polar surface area (TPSA) is 63.2 Å². The maximum absolute atomic E-state index is 11.1. The number of aromatic nitrogens is 1. The number of methoxy groups -OCH3 is 1. The van der Waals surface area contributed by atoms with Crippen LogP contribution in [0, 0.1) is 0 Å². The molecule has 15 heavy (non-hydrogen) atoms. The van der Waals surface area contributed by atoms with Gasteiger partial charge in [-0.2, -0.15) is 0 Å². The number of hydrogen-bond acceptors (Lipinski definition) is 5. The van der Waals surface area contributed by atoms with Crippen molar-refractivity contribution >= 4 is 17.6 Å². The van der Waals surface area contributed by atoms with Gasteiger partial charge in [0.2, 0.25) is 0 Å². The van der Waals surface area contributed by atoms with Gasteiger partial charge in [0.15, 0.2) is 0 Å². The molecule has 0 fully saturated rings. The van der Waals surface area contributed by atoms with E-state index >= 15 is 0 Å². The molecule has 1 aromatic heterocycles. The van der Waals surface area contributed by atoms with Gasteiger partial charge in [0.1, 0.15) is 17.7 Å². The fourth-order valence-corrected chi connectivity index (χ4v) is 1.11. The van der Waals surface area contributed by atoms with Gasteiger partial charge < -0.3 is 15.4 Å². The molecule has 1 rings (SSSR count). The van der Waals surface area contributed by atoms with Gasteiger partial charge >= 0.3 is 5.97 Å². The second kappa shape index (κ2) is 5.19. The molecule has 0 aliphatic heterocycles. The zero-order valence-corrected chi connectivity index (χ0v) is 9.07. The number of hydrogen-bond donors (Lipinski definition) is 2. The average molecular weight is 209 g/mol. The van der Waals surface area contributed by atoms with E-state index < -0.39 is 6.04 Å². The van der Waals surface area contributed by atoms with Crippen LogP contribution in [0.4, 0.5) is 11.6 Å². The largest absolute Gasteiger partial charge is 0.467 e. The number of nitrogens with zero attached hydrogens (tertiary/aromatic N) is 1. The lowest BCUT2D eigenvalue weighted by molar-refractivity contribution is -0.141. The number of carbonyl (C=O) groups excluding carboxylic acids is 1. The summed E-state index contributed by atoms with van der Waals surface area (Å²) in [5.41, 5.74) is 0. The Morgan fingerprint density at radius 1 is 1.47 bits per heavy atom. The quantitative estimate of drug-likeness (QED) is 0.727. The average Bonchev–Trinajstić information content (AvgIpc) is 2.28. The first kappa shape index (κ1) is 11.3. The van der Waals surface area contributed by atoms with Gasteiger partial charge in [0.05, 0.1) is 7.11 Å². The number of carbonyl (C=O) groups is 1. The van der Waals surface area contributed by atoms with Gasteiger partial charge in [-0.1, -0.05) is 6.07 Å². The van der Waals surface area contributed by atoms with E-state index in [1.54, 1.807) is 20.0 Å². The van der Waals surface area contributed by atoms with E-state index in [-0.39, 0.29) is 5.97 Å². The van der Waals surface area contributed by atoms with E-state index in [0.29, 0.717) is 5.82 Å². The number of ether oxygens (including phenoxy) is 1. The molecule has 2 N–H and O–H groups in total. The van der Waals surface area contributed by atoms with Gasteiger partial charge in [-0.3, -0.25) is 0 Å². The number of rotatable bonds is 4. The maximum atomic E-state index is 11.1. The second-order valence-corrected chi connectivity index (χ2v) is 3.05. The first-order valence-corrected chi connectivity index (χ1v) is 4.66. The van der Waals surface area contributed by atoms with Crippen LogP contribution >= 0.6 is 0 Å². The number of nitrogens with one attached hydrogen (secondary N) is 2. The van der Waals surface area contributed by atoms with Crippen molar-refractivity contribution in [1.82, 2.24) is 4.98 Å². The van der Waals surface area contributed by atoms with Crippen molar-refractivity contribution in [2.45, 2.75) is 13.0 Å². The highest BCUT2D eigenvalue weighted by molar-refractivity contribution is 5.78. The Bertz CT molecular complexity index is 341. The standard InChI is InChI=1S/C10H15N3O2/c1-7(10(14)15-3)12-9-6-4-5-8(11-2)13-9/h4-7H,1-3H3,(H2,11,12,13). The van der Waals surface area contributed by atoms with Crippen molar-refractivity contribution in [3.63, 3.8) is 0 Å². The summed E-state index contributed by atoms with van der Waals surface area (Å²) in [7, 11) is 3.15. The molecular formula is C10H15N3O2. The van der Waals surface area contributed by atoms with Crippen LogP contribution < -0.4 is 10.6 Å². The lowest BCUT2D eigenvalue weighted by Crippen LogP contribution is -2.27. The van der Waals surface area contributed by atoms with E-state index in [1.165, 1.54) is 7.11 Å². The predicted octanol–water partition coefficient (Wildman–Crippen LogP) is 1.10. The Labute approximate surface area is 88.9 Å². The van der Waals surface area contributed by atoms with Crippen LogP contribution in [0.2, 0.25) is 0 Å². The molecule has 0 aliphatic rings.